The third-order valence-corrected chi connectivity index (χ3v) is 7.44. The van der Waals surface area contributed by atoms with Crippen LogP contribution in [-0.4, -0.2) is 53.6 Å². The minimum Gasteiger partial charge on any atom is -0.378 e. The Kier molecular flexibility index (Phi) is 4.92. The van der Waals surface area contributed by atoms with Crippen molar-refractivity contribution in [2.24, 2.45) is 0 Å². The molecule has 1 amide bonds. The maximum atomic E-state index is 13.1. The van der Waals surface area contributed by atoms with Gasteiger partial charge in [-0.15, -0.1) is 11.3 Å². The molecular formula is C25H24N4O2S. The van der Waals surface area contributed by atoms with Crippen LogP contribution in [0.4, 0.5) is 5.82 Å². The van der Waals surface area contributed by atoms with Gasteiger partial charge in [0.05, 0.1) is 13.2 Å². The van der Waals surface area contributed by atoms with Crippen LogP contribution in [0.3, 0.4) is 0 Å². The average Bonchev–Trinajstić information content (AvgIpc) is 3.50. The van der Waals surface area contributed by atoms with Crippen LogP contribution in [0.2, 0.25) is 0 Å². The highest BCUT2D eigenvalue weighted by Gasteiger charge is 2.23. The standard InChI is InChI=1S/C25H24N4O2S/c30-25(29-7-5-23-19(16-29)6-12-32-23)17-1-3-20-21(15-26-22(20)13-17)18-2-4-24(27-14-18)28-8-10-31-11-9-28/h1-4,6,12-15,26H,5,7-11,16H2. The van der Waals surface area contributed by atoms with Crippen molar-refractivity contribution in [2.75, 3.05) is 37.7 Å². The molecule has 0 bridgehead atoms. The van der Waals surface area contributed by atoms with Gasteiger partial charge in [-0.25, -0.2) is 4.98 Å². The fraction of sp³-hybridized carbons (Fsp3) is 0.280. The SMILES string of the molecule is O=C(c1ccc2c(-c3ccc(N4CCOCC4)nc3)c[nH]c2c1)N1CCc2sccc2C1. The minimum atomic E-state index is 0.0939. The Bertz CT molecular complexity index is 1270. The Morgan fingerprint density at radius 1 is 1.09 bits per heavy atom. The van der Waals surface area contributed by atoms with Crippen molar-refractivity contribution in [1.29, 1.82) is 0 Å². The molecule has 162 valence electrons. The van der Waals surface area contributed by atoms with E-state index in [1.165, 1.54) is 10.4 Å². The molecule has 6 rings (SSSR count). The number of fused-ring (bicyclic) bond motifs is 2. The van der Waals surface area contributed by atoms with Crippen LogP contribution in [0.25, 0.3) is 22.0 Å². The van der Waals surface area contributed by atoms with E-state index in [0.29, 0.717) is 6.54 Å². The molecule has 2 aliphatic heterocycles. The number of carbonyl (C=O) groups is 1. The Morgan fingerprint density at radius 3 is 2.84 bits per heavy atom. The number of morpholine rings is 1. The van der Waals surface area contributed by atoms with E-state index in [2.05, 4.69) is 38.4 Å². The number of rotatable bonds is 3. The van der Waals surface area contributed by atoms with Gasteiger partial charge in [-0.3, -0.25) is 4.79 Å². The number of benzene rings is 1. The fourth-order valence-electron chi connectivity index (χ4n) is 4.63. The lowest BCUT2D eigenvalue weighted by atomic mass is 10.0. The minimum absolute atomic E-state index is 0.0939. The van der Waals surface area contributed by atoms with Crippen molar-refractivity contribution >= 4 is 34.0 Å². The largest absolute Gasteiger partial charge is 0.378 e. The van der Waals surface area contributed by atoms with Gasteiger partial charge in [-0.1, -0.05) is 6.07 Å². The zero-order valence-corrected chi connectivity index (χ0v) is 18.5. The normalized spacial score (nSPS) is 16.4. The number of hydrogen-bond donors (Lipinski definition) is 1. The zero-order chi connectivity index (χ0) is 21.5. The van der Waals surface area contributed by atoms with Crippen LogP contribution in [0.15, 0.2) is 54.2 Å². The first-order valence-corrected chi connectivity index (χ1v) is 11.9. The monoisotopic (exact) mass is 444 g/mol. The summed E-state index contributed by atoms with van der Waals surface area (Å²) >= 11 is 1.79. The number of H-pyrrole nitrogens is 1. The molecule has 1 saturated heterocycles. The lowest BCUT2D eigenvalue weighted by Gasteiger charge is -2.27. The van der Waals surface area contributed by atoms with E-state index in [4.69, 9.17) is 4.74 Å². The summed E-state index contributed by atoms with van der Waals surface area (Å²) < 4.78 is 5.43. The molecule has 2 aliphatic rings. The number of aromatic nitrogens is 2. The lowest BCUT2D eigenvalue weighted by Crippen LogP contribution is -2.36. The zero-order valence-electron chi connectivity index (χ0n) is 17.7. The molecule has 3 aromatic heterocycles. The van der Waals surface area contributed by atoms with Crippen molar-refractivity contribution in [3.05, 3.63) is 70.2 Å². The van der Waals surface area contributed by atoms with Crippen molar-refractivity contribution < 1.29 is 9.53 Å². The van der Waals surface area contributed by atoms with Gasteiger partial charge in [0.25, 0.3) is 5.91 Å². The van der Waals surface area contributed by atoms with Crippen LogP contribution in [0.1, 0.15) is 20.8 Å². The highest BCUT2D eigenvalue weighted by atomic mass is 32.1. The van der Waals surface area contributed by atoms with E-state index in [9.17, 15) is 4.79 Å². The Morgan fingerprint density at radius 2 is 2.00 bits per heavy atom. The molecule has 1 aromatic carbocycles. The molecule has 0 saturated carbocycles. The van der Waals surface area contributed by atoms with E-state index < -0.39 is 0 Å². The van der Waals surface area contributed by atoms with Gasteiger partial charge in [-0.05, 0) is 47.7 Å². The molecule has 0 spiro atoms. The maximum absolute atomic E-state index is 13.1. The molecule has 7 heteroatoms. The van der Waals surface area contributed by atoms with Crippen LogP contribution in [0, 0.1) is 0 Å². The molecule has 0 aliphatic carbocycles. The molecule has 4 aromatic rings. The van der Waals surface area contributed by atoms with Gasteiger partial charge >= 0.3 is 0 Å². The third kappa shape index (κ3) is 3.47. The Hall–Kier alpha value is -3.16. The number of carbonyl (C=O) groups excluding carboxylic acids is 1. The van der Waals surface area contributed by atoms with Crippen molar-refractivity contribution in [3.8, 4) is 11.1 Å². The van der Waals surface area contributed by atoms with E-state index in [0.717, 1.165) is 72.7 Å². The first kappa shape index (κ1) is 19.5. The van der Waals surface area contributed by atoms with Crippen molar-refractivity contribution in [3.63, 3.8) is 0 Å². The fourth-order valence-corrected chi connectivity index (χ4v) is 5.52. The summed E-state index contributed by atoms with van der Waals surface area (Å²) in [6.45, 7) is 4.73. The van der Waals surface area contributed by atoms with E-state index in [-0.39, 0.29) is 5.91 Å². The first-order chi connectivity index (χ1) is 15.8. The summed E-state index contributed by atoms with van der Waals surface area (Å²) in [6, 6.07) is 12.3. The number of nitrogens with one attached hydrogen (secondary N) is 1. The highest BCUT2D eigenvalue weighted by Crippen LogP contribution is 2.31. The number of thiophene rings is 1. The molecular weight excluding hydrogens is 420 g/mol. The second-order valence-electron chi connectivity index (χ2n) is 8.31. The van der Waals surface area contributed by atoms with E-state index >= 15 is 0 Å². The number of nitrogens with zero attached hydrogens (tertiary/aromatic N) is 3. The number of aromatic amines is 1. The van der Waals surface area contributed by atoms with Crippen LogP contribution >= 0.6 is 11.3 Å². The van der Waals surface area contributed by atoms with Crippen LogP contribution < -0.4 is 4.90 Å². The molecule has 1 N–H and O–H groups in total. The maximum Gasteiger partial charge on any atom is 0.254 e. The van der Waals surface area contributed by atoms with Gasteiger partial charge < -0.3 is 19.5 Å². The highest BCUT2D eigenvalue weighted by molar-refractivity contribution is 7.10. The van der Waals surface area contributed by atoms with Gasteiger partial charge in [0.2, 0.25) is 0 Å². The average molecular weight is 445 g/mol. The molecule has 5 heterocycles. The smallest absolute Gasteiger partial charge is 0.254 e. The first-order valence-electron chi connectivity index (χ1n) is 11.0. The van der Waals surface area contributed by atoms with Crippen molar-refractivity contribution in [1.82, 2.24) is 14.9 Å². The molecule has 6 nitrogen and oxygen atoms in total. The molecule has 0 radical (unpaired) electrons. The molecule has 0 unspecified atom stereocenters. The molecule has 0 atom stereocenters. The predicted molar refractivity (Wildman–Crippen MR) is 127 cm³/mol. The summed E-state index contributed by atoms with van der Waals surface area (Å²) in [5.41, 5.74) is 5.14. The molecule has 32 heavy (non-hydrogen) atoms. The third-order valence-electron chi connectivity index (χ3n) is 6.42. The topological polar surface area (TPSA) is 61.5 Å². The molecule has 1 fully saturated rings. The van der Waals surface area contributed by atoms with E-state index in [1.54, 1.807) is 11.3 Å². The van der Waals surface area contributed by atoms with Gasteiger partial charge in [0.15, 0.2) is 0 Å². The second kappa shape index (κ2) is 8.07. The predicted octanol–water partition coefficient (Wildman–Crippen LogP) is 4.33. The summed E-state index contributed by atoms with van der Waals surface area (Å²) in [5.74, 6) is 1.08. The van der Waals surface area contributed by atoms with Gasteiger partial charge in [0, 0.05) is 71.0 Å². The number of pyridine rings is 1. The summed E-state index contributed by atoms with van der Waals surface area (Å²) in [5, 5.41) is 3.22. The number of amides is 1. The van der Waals surface area contributed by atoms with Gasteiger partial charge in [0.1, 0.15) is 5.82 Å². The van der Waals surface area contributed by atoms with Gasteiger partial charge in [-0.2, -0.15) is 0 Å². The number of ether oxygens (including phenoxy) is 1. The summed E-state index contributed by atoms with van der Waals surface area (Å²) in [6.07, 6.45) is 4.88. The second-order valence-corrected chi connectivity index (χ2v) is 9.31. The quantitative estimate of drug-likeness (QED) is 0.511. The van der Waals surface area contributed by atoms with Crippen LogP contribution in [-0.2, 0) is 17.7 Å². The van der Waals surface area contributed by atoms with E-state index in [1.807, 2.05) is 35.5 Å². The summed E-state index contributed by atoms with van der Waals surface area (Å²) in [4.78, 5) is 26.8. The van der Waals surface area contributed by atoms with Crippen molar-refractivity contribution in [2.45, 2.75) is 13.0 Å². The number of anilines is 1. The summed E-state index contributed by atoms with van der Waals surface area (Å²) in [7, 11) is 0. The number of hydrogen-bond acceptors (Lipinski definition) is 5. The van der Waals surface area contributed by atoms with Crippen LogP contribution in [0.5, 0.6) is 0 Å². The lowest BCUT2D eigenvalue weighted by molar-refractivity contribution is 0.0736. The Balaban J connectivity index is 1.24. The Labute approximate surface area is 190 Å².